The molecule has 5 nitrogen and oxygen atoms in total. The van der Waals surface area contributed by atoms with Gasteiger partial charge in [-0.3, -0.25) is 4.90 Å². The first-order valence-corrected chi connectivity index (χ1v) is 10.1. The molecule has 2 fully saturated rings. The first-order valence-electron chi connectivity index (χ1n) is 8.59. The summed E-state index contributed by atoms with van der Waals surface area (Å²) in [7, 11) is -3.45. The molecule has 0 unspecified atom stereocenters. The number of benzene rings is 1. The third-order valence-electron chi connectivity index (χ3n) is 5.34. The molecule has 126 valence electrons. The lowest BCUT2D eigenvalue weighted by molar-refractivity contribution is -0.0449. The average molecular weight is 336 g/mol. The van der Waals surface area contributed by atoms with Crippen LogP contribution in [0.1, 0.15) is 30.4 Å². The molecule has 3 aliphatic rings. The molecule has 0 bridgehead atoms. The van der Waals surface area contributed by atoms with Gasteiger partial charge in [-0.1, -0.05) is 6.07 Å². The molecular formula is C17H24N2O3S. The Labute approximate surface area is 138 Å². The van der Waals surface area contributed by atoms with Crippen LogP contribution in [-0.4, -0.2) is 51.7 Å². The van der Waals surface area contributed by atoms with E-state index in [4.69, 9.17) is 4.74 Å². The molecule has 1 N–H and O–H groups in total. The minimum Gasteiger partial charge on any atom is -0.374 e. The molecule has 2 saturated heterocycles. The number of fused-ring (bicyclic) bond motifs is 2. The Hall–Kier alpha value is -0.950. The lowest BCUT2D eigenvalue weighted by Gasteiger charge is -2.35. The van der Waals surface area contributed by atoms with Crippen molar-refractivity contribution in [1.82, 2.24) is 9.62 Å². The lowest BCUT2D eigenvalue weighted by Crippen LogP contribution is -2.50. The van der Waals surface area contributed by atoms with Crippen LogP contribution in [0.2, 0.25) is 0 Å². The highest BCUT2D eigenvalue weighted by atomic mass is 32.2. The van der Waals surface area contributed by atoms with Gasteiger partial charge in [0, 0.05) is 19.1 Å². The molecule has 2 aliphatic heterocycles. The van der Waals surface area contributed by atoms with Gasteiger partial charge in [-0.15, -0.1) is 0 Å². The monoisotopic (exact) mass is 336 g/mol. The van der Waals surface area contributed by atoms with E-state index in [2.05, 4.69) is 9.62 Å². The number of rotatable bonds is 4. The van der Waals surface area contributed by atoms with Crippen LogP contribution >= 0.6 is 0 Å². The molecule has 2 heterocycles. The predicted octanol–water partition coefficient (Wildman–Crippen LogP) is 1.32. The van der Waals surface area contributed by atoms with E-state index < -0.39 is 10.0 Å². The smallest absolute Gasteiger partial charge is 0.240 e. The van der Waals surface area contributed by atoms with E-state index in [1.165, 1.54) is 24.0 Å². The van der Waals surface area contributed by atoms with Gasteiger partial charge in [-0.2, -0.15) is 0 Å². The van der Waals surface area contributed by atoms with Crippen molar-refractivity contribution >= 4 is 10.0 Å². The van der Waals surface area contributed by atoms with E-state index >= 15 is 0 Å². The maximum absolute atomic E-state index is 12.5. The Kier molecular flexibility index (Phi) is 4.17. The maximum atomic E-state index is 12.5. The van der Waals surface area contributed by atoms with E-state index in [1.807, 2.05) is 12.1 Å². The number of hydrogen-bond acceptors (Lipinski definition) is 4. The summed E-state index contributed by atoms with van der Waals surface area (Å²) < 4.78 is 33.6. The largest absolute Gasteiger partial charge is 0.374 e. The summed E-state index contributed by atoms with van der Waals surface area (Å²) in [6, 6.07) is 6.07. The van der Waals surface area contributed by atoms with Crippen LogP contribution in [0.5, 0.6) is 0 Å². The summed E-state index contributed by atoms with van der Waals surface area (Å²) in [6.07, 6.45) is 5.55. The van der Waals surface area contributed by atoms with Gasteiger partial charge in [-0.05, 0) is 61.9 Å². The average Bonchev–Trinajstić information content (AvgIpc) is 3.20. The Morgan fingerprint density at radius 2 is 2.09 bits per heavy atom. The van der Waals surface area contributed by atoms with Crippen molar-refractivity contribution < 1.29 is 13.2 Å². The second kappa shape index (κ2) is 6.16. The molecule has 4 rings (SSSR count). The van der Waals surface area contributed by atoms with Gasteiger partial charge in [0.1, 0.15) is 0 Å². The molecule has 23 heavy (non-hydrogen) atoms. The Morgan fingerprint density at radius 3 is 3.00 bits per heavy atom. The van der Waals surface area contributed by atoms with Gasteiger partial charge < -0.3 is 4.74 Å². The second-order valence-electron chi connectivity index (χ2n) is 6.88. The number of aryl methyl sites for hydroxylation is 2. The van der Waals surface area contributed by atoms with Crippen LogP contribution in [0.4, 0.5) is 0 Å². The highest BCUT2D eigenvalue weighted by molar-refractivity contribution is 7.89. The van der Waals surface area contributed by atoms with Crippen molar-refractivity contribution in [2.24, 2.45) is 0 Å². The molecule has 1 aromatic carbocycles. The Bertz CT molecular complexity index is 689. The van der Waals surface area contributed by atoms with Crippen LogP contribution in [-0.2, 0) is 27.6 Å². The molecule has 2 atom stereocenters. The van der Waals surface area contributed by atoms with Crippen LogP contribution in [0.3, 0.4) is 0 Å². The second-order valence-corrected chi connectivity index (χ2v) is 8.65. The van der Waals surface area contributed by atoms with Gasteiger partial charge in [0.2, 0.25) is 10.0 Å². The molecule has 0 saturated carbocycles. The molecule has 0 aromatic heterocycles. The highest BCUT2D eigenvalue weighted by Gasteiger charge is 2.32. The van der Waals surface area contributed by atoms with Crippen molar-refractivity contribution in [2.45, 2.75) is 49.1 Å². The quantitative estimate of drug-likeness (QED) is 0.901. The third kappa shape index (κ3) is 3.18. The van der Waals surface area contributed by atoms with E-state index in [9.17, 15) is 8.42 Å². The fraction of sp³-hybridized carbons (Fsp3) is 0.647. The number of nitrogens with one attached hydrogen (secondary N) is 1. The molecular weight excluding hydrogens is 312 g/mol. The zero-order chi connectivity index (χ0) is 15.9. The van der Waals surface area contributed by atoms with Crippen molar-refractivity contribution in [2.75, 3.05) is 26.2 Å². The first kappa shape index (κ1) is 15.6. The third-order valence-corrected chi connectivity index (χ3v) is 6.76. The Balaban J connectivity index is 1.40. The van der Waals surface area contributed by atoms with E-state index in [0.717, 1.165) is 39.0 Å². The normalized spacial score (nSPS) is 27.8. The molecule has 0 amide bonds. The van der Waals surface area contributed by atoms with Gasteiger partial charge in [0.25, 0.3) is 0 Å². The Morgan fingerprint density at radius 1 is 1.22 bits per heavy atom. The number of morpholine rings is 1. The number of hydrogen-bond donors (Lipinski definition) is 1. The maximum Gasteiger partial charge on any atom is 0.240 e. The molecule has 1 aliphatic carbocycles. The van der Waals surface area contributed by atoms with Crippen LogP contribution in [0.25, 0.3) is 0 Å². The van der Waals surface area contributed by atoms with Crippen LogP contribution < -0.4 is 4.72 Å². The molecule has 1 aromatic rings. The summed E-state index contributed by atoms with van der Waals surface area (Å²) in [4.78, 5) is 2.81. The van der Waals surface area contributed by atoms with Gasteiger partial charge in [0.05, 0.1) is 17.6 Å². The van der Waals surface area contributed by atoms with Gasteiger partial charge >= 0.3 is 0 Å². The lowest BCUT2D eigenvalue weighted by atomic mass is 10.1. The number of sulfonamides is 1. The minimum atomic E-state index is -3.45. The van der Waals surface area contributed by atoms with Gasteiger partial charge in [-0.25, -0.2) is 13.1 Å². The van der Waals surface area contributed by atoms with Crippen molar-refractivity contribution in [3.05, 3.63) is 29.3 Å². The van der Waals surface area contributed by atoms with Crippen LogP contribution in [0, 0.1) is 0 Å². The molecule has 6 heteroatoms. The number of nitrogens with zero attached hydrogens (tertiary/aromatic N) is 1. The zero-order valence-corrected chi connectivity index (χ0v) is 14.1. The topological polar surface area (TPSA) is 58.6 Å². The van der Waals surface area contributed by atoms with Crippen molar-refractivity contribution in [3.8, 4) is 0 Å². The van der Waals surface area contributed by atoms with Gasteiger partial charge in [0.15, 0.2) is 0 Å². The number of ether oxygens (including phenoxy) is 1. The summed E-state index contributed by atoms with van der Waals surface area (Å²) in [5.74, 6) is 0. The predicted molar refractivity (Wildman–Crippen MR) is 88.0 cm³/mol. The molecule has 0 radical (unpaired) electrons. The first-order chi connectivity index (χ1) is 11.1. The minimum absolute atomic E-state index is 0.0476. The fourth-order valence-corrected chi connectivity index (χ4v) is 5.13. The summed E-state index contributed by atoms with van der Waals surface area (Å²) in [6.45, 7) is 3.02. The fourth-order valence-electron chi connectivity index (χ4n) is 4.01. The van der Waals surface area contributed by atoms with Crippen LogP contribution in [0.15, 0.2) is 23.1 Å². The molecule has 0 spiro atoms. The standard InChI is InChI=1S/C17H24N2O3S/c20-23(21,17-7-6-13-3-1-4-14(13)9-17)18-10-16-11-19-8-2-5-15(19)12-22-16/h6-7,9,15-16,18H,1-5,8,10-12H2/t15-,16-/m1/s1. The van der Waals surface area contributed by atoms with E-state index in [1.54, 1.807) is 6.07 Å². The summed E-state index contributed by atoms with van der Waals surface area (Å²) in [5, 5.41) is 0. The summed E-state index contributed by atoms with van der Waals surface area (Å²) >= 11 is 0. The van der Waals surface area contributed by atoms with Crippen molar-refractivity contribution in [1.29, 1.82) is 0 Å². The van der Waals surface area contributed by atoms with E-state index in [0.29, 0.717) is 17.5 Å². The SMILES string of the molecule is O=S(=O)(NC[C@@H]1CN2CCC[C@@H]2CO1)c1ccc2c(c1)CCC2. The zero-order valence-electron chi connectivity index (χ0n) is 13.3. The van der Waals surface area contributed by atoms with E-state index in [-0.39, 0.29) is 6.10 Å². The summed E-state index contributed by atoms with van der Waals surface area (Å²) in [5.41, 5.74) is 2.47. The van der Waals surface area contributed by atoms with Crippen molar-refractivity contribution in [3.63, 3.8) is 0 Å². The highest BCUT2D eigenvalue weighted by Crippen LogP contribution is 2.25.